The summed E-state index contributed by atoms with van der Waals surface area (Å²) in [6.07, 6.45) is 6.73. The quantitative estimate of drug-likeness (QED) is 0.681. The molecule has 3 rings (SSSR count). The number of nitrogens with one attached hydrogen (secondary N) is 1. The summed E-state index contributed by atoms with van der Waals surface area (Å²) in [5.41, 5.74) is 0.840. The van der Waals surface area contributed by atoms with Crippen LogP contribution in [0.5, 0.6) is 0 Å². The van der Waals surface area contributed by atoms with Gasteiger partial charge < -0.3 is 5.32 Å². The van der Waals surface area contributed by atoms with Crippen LogP contribution in [0.4, 0.5) is 10.1 Å². The zero-order valence-corrected chi connectivity index (χ0v) is 15.4. The molecule has 0 spiro atoms. The predicted octanol–water partition coefficient (Wildman–Crippen LogP) is 4.16. The Hall–Kier alpha value is -2.38. The second-order valence-corrected chi connectivity index (χ2v) is 6.52. The second kappa shape index (κ2) is 7.88. The molecule has 1 atom stereocenters. The van der Waals surface area contributed by atoms with Gasteiger partial charge in [-0.15, -0.1) is 0 Å². The summed E-state index contributed by atoms with van der Waals surface area (Å²) >= 11 is 11.9. The number of rotatable bonds is 6. The number of halogens is 3. The van der Waals surface area contributed by atoms with Crippen molar-refractivity contribution >= 4 is 34.8 Å². The SMILES string of the molecule is CCC(C(=O)Nc1cnn(Cc2c(F)cccc2Cl)c1)n1cc(Cl)cn1. The summed E-state index contributed by atoms with van der Waals surface area (Å²) in [4.78, 5) is 12.5. The van der Waals surface area contributed by atoms with Gasteiger partial charge in [0.1, 0.15) is 11.9 Å². The third-order valence-corrected chi connectivity index (χ3v) is 4.41. The van der Waals surface area contributed by atoms with E-state index < -0.39 is 11.9 Å². The number of hydrogen-bond donors (Lipinski definition) is 1. The molecule has 1 N–H and O–H groups in total. The van der Waals surface area contributed by atoms with Gasteiger partial charge in [-0.1, -0.05) is 36.2 Å². The van der Waals surface area contributed by atoms with E-state index in [1.165, 1.54) is 27.8 Å². The third-order valence-electron chi connectivity index (χ3n) is 3.86. The Kier molecular flexibility index (Phi) is 5.58. The molecule has 0 saturated heterocycles. The largest absolute Gasteiger partial charge is 0.322 e. The van der Waals surface area contributed by atoms with E-state index in [9.17, 15) is 9.18 Å². The normalized spacial score (nSPS) is 12.2. The number of aromatic nitrogens is 4. The van der Waals surface area contributed by atoms with Crippen LogP contribution in [0.15, 0.2) is 43.0 Å². The molecule has 0 aliphatic rings. The van der Waals surface area contributed by atoms with Crippen molar-refractivity contribution in [2.24, 2.45) is 0 Å². The molecular formula is C17H16Cl2FN5O. The van der Waals surface area contributed by atoms with Gasteiger partial charge in [-0.3, -0.25) is 14.2 Å². The first kappa shape index (κ1) is 18.4. The van der Waals surface area contributed by atoms with E-state index in [4.69, 9.17) is 23.2 Å². The smallest absolute Gasteiger partial charge is 0.249 e. The Balaban J connectivity index is 1.71. The van der Waals surface area contributed by atoms with E-state index in [2.05, 4.69) is 15.5 Å². The minimum absolute atomic E-state index is 0.160. The average Bonchev–Trinajstić information content (AvgIpc) is 3.21. The maximum Gasteiger partial charge on any atom is 0.249 e. The molecule has 136 valence electrons. The molecule has 26 heavy (non-hydrogen) atoms. The molecule has 0 fully saturated rings. The van der Waals surface area contributed by atoms with Gasteiger partial charge in [-0.25, -0.2) is 4.39 Å². The van der Waals surface area contributed by atoms with Crippen LogP contribution in [-0.4, -0.2) is 25.5 Å². The Labute approximate surface area is 159 Å². The van der Waals surface area contributed by atoms with Gasteiger partial charge in [0.15, 0.2) is 0 Å². The molecule has 2 heterocycles. The number of hydrogen-bond acceptors (Lipinski definition) is 3. The molecule has 9 heteroatoms. The van der Waals surface area contributed by atoms with Crippen LogP contribution in [0.1, 0.15) is 24.9 Å². The predicted molar refractivity (Wildman–Crippen MR) is 97.9 cm³/mol. The summed E-state index contributed by atoms with van der Waals surface area (Å²) < 4.78 is 16.9. The fraction of sp³-hybridized carbons (Fsp3) is 0.235. The lowest BCUT2D eigenvalue weighted by Gasteiger charge is -2.14. The Bertz CT molecular complexity index is 903. The van der Waals surface area contributed by atoms with Crippen LogP contribution < -0.4 is 5.32 Å². The zero-order valence-electron chi connectivity index (χ0n) is 13.9. The van der Waals surface area contributed by atoms with Gasteiger partial charge in [0.2, 0.25) is 5.91 Å². The standard InChI is InChI=1S/C17H16Cl2FN5O/c1-2-16(25-8-11(18)6-22-25)17(26)23-12-7-21-24(9-12)10-13-14(19)4-3-5-15(13)20/h3-9,16H,2,10H2,1H3,(H,23,26). The fourth-order valence-electron chi connectivity index (χ4n) is 2.56. The van der Waals surface area contributed by atoms with Crippen LogP contribution in [0.3, 0.4) is 0 Å². The first-order valence-corrected chi connectivity index (χ1v) is 8.69. The summed E-state index contributed by atoms with van der Waals surface area (Å²) in [6.45, 7) is 2.04. The summed E-state index contributed by atoms with van der Waals surface area (Å²) in [5.74, 6) is -0.643. The lowest BCUT2D eigenvalue weighted by atomic mass is 10.2. The van der Waals surface area contributed by atoms with Crippen molar-refractivity contribution in [3.63, 3.8) is 0 Å². The van der Waals surface area contributed by atoms with E-state index in [-0.39, 0.29) is 12.5 Å². The highest BCUT2D eigenvalue weighted by atomic mass is 35.5. The highest BCUT2D eigenvalue weighted by Crippen LogP contribution is 2.21. The molecule has 0 radical (unpaired) electrons. The molecule has 0 saturated carbocycles. The first-order chi connectivity index (χ1) is 12.5. The summed E-state index contributed by atoms with van der Waals surface area (Å²) in [6, 6.07) is 4.01. The van der Waals surface area contributed by atoms with Crippen LogP contribution in [-0.2, 0) is 11.3 Å². The minimum atomic E-state index is -0.494. The van der Waals surface area contributed by atoms with Crippen LogP contribution >= 0.6 is 23.2 Å². The van der Waals surface area contributed by atoms with Crippen LogP contribution in [0.2, 0.25) is 10.0 Å². The monoisotopic (exact) mass is 395 g/mol. The maximum absolute atomic E-state index is 13.9. The number of carbonyl (C=O) groups excluding carboxylic acids is 1. The Morgan fingerprint density at radius 3 is 2.73 bits per heavy atom. The van der Waals surface area contributed by atoms with Gasteiger partial charge >= 0.3 is 0 Å². The molecule has 1 unspecified atom stereocenters. The molecule has 2 aromatic heterocycles. The molecule has 0 aliphatic carbocycles. The average molecular weight is 396 g/mol. The van der Waals surface area contributed by atoms with Gasteiger partial charge in [-0.2, -0.15) is 10.2 Å². The van der Waals surface area contributed by atoms with Gasteiger partial charge in [-0.05, 0) is 18.6 Å². The number of anilines is 1. The van der Waals surface area contributed by atoms with E-state index in [1.54, 1.807) is 24.5 Å². The molecule has 1 aromatic carbocycles. The molecule has 1 amide bonds. The van der Waals surface area contributed by atoms with Crippen molar-refractivity contribution in [2.75, 3.05) is 5.32 Å². The summed E-state index contributed by atoms with van der Waals surface area (Å²) in [7, 11) is 0. The number of nitrogens with zero attached hydrogens (tertiary/aromatic N) is 4. The van der Waals surface area contributed by atoms with Gasteiger partial charge in [0, 0.05) is 23.0 Å². The molecule has 6 nitrogen and oxygen atoms in total. The maximum atomic E-state index is 13.9. The van der Waals surface area contributed by atoms with Gasteiger partial charge in [0.25, 0.3) is 0 Å². The molecule has 3 aromatic rings. The highest BCUT2D eigenvalue weighted by molar-refractivity contribution is 6.31. The van der Waals surface area contributed by atoms with Crippen molar-refractivity contribution in [3.05, 3.63) is 64.4 Å². The molecule has 0 aliphatic heterocycles. The Morgan fingerprint density at radius 2 is 2.08 bits per heavy atom. The molecular weight excluding hydrogens is 380 g/mol. The highest BCUT2D eigenvalue weighted by Gasteiger charge is 2.20. The second-order valence-electron chi connectivity index (χ2n) is 5.68. The number of benzene rings is 1. The third kappa shape index (κ3) is 4.05. The van der Waals surface area contributed by atoms with Crippen molar-refractivity contribution in [1.29, 1.82) is 0 Å². The van der Waals surface area contributed by atoms with E-state index >= 15 is 0 Å². The molecule has 0 bridgehead atoms. The van der Waals surface area contributed by atoms with Crippen molar-refractivity contribution < 1.29 is 9.18 Å². The zero-order chi connectivity index (χ0) is 18.7. The number of amides is 1. The van der Waals surface area contributed by atoms with Gasteiger partial charge in [0.05, 0.1) is 29.6 Å². The van der Waals surface area contributed by atoms with E-state index in [0.29, 0.717) is 27.7 Å². The topological polar surface area (TPSA) is 64.7 Å². The van der Waals surface area contributed by atoms with Crippen LogP contribution in [0, 0.1) is 5.82 Å². The van der Waals surface area contributed by atoms with E-state index in [0.717, 1.165) is 0 Å². The lowest BCUT2D eigenvalue weighted by molar-refractivity contribution is -0.119. The van der Waals surface area contributed by atoms with E-state index in [1.807, 2.05) is 6.92 Å². The van der Waals surface area contributed by atoms with Crippen molar-refractivity contribution in [3.8, 4) is 0 Å². The van der Waals surface area contributed by atoms with Crippen molar-refractivity contribution in [2.45, 2.75) is 25.9 Å². The lowest BCUT2D eigenvalue weighted by Crippen LogP contribution is -2.25. The first-order valence-electron chi connectivity index (χ1n) is 7.93. The summed E-state index contributed by atoms with van der Waals surface area (Å²) in [5, 5.41) is 11.8. The Morgan fingerprint density at radius 1 is 1.27 bits per heavy atom. The minimum Gasteiger partial charge on any atom is -0.322 e. The fourth-order valence-corrected chi connectivity index (χ4v) is 2.93. The van der Waals surface area contributed by atoms with Crippen molar-refractivity contribution in [1.82, 2.24) is 19.6 Å². The van der Waals surface area contributed by atoms with Crippen LogP contribution in [0.25, 0.3) is 0 Å². The number of carbonyl (C=O) groups is 1.